The van der Waals surface area contributed by atoms with E-state index in [9.17, 15) is 9.90 Å². The molecule has 116 valence electrons. The van der Waals surface area contributed by atoms with Crippen molar-refractivity contribution in [2.75, 3.05) is 26.4 Å². The third-order valence-corrected chi connectivity index (χ3v) is 3.56. The SMILES string of the molecule is CCN(Cc1cccc(OCC(N)=O)c1)[C@H]1COC[C@@H]1O. The van der Waals surface area contributed by atoms with Gasteiger partial charge in [0.15, 0.2) is 6.61 Å². The normalized spacial score (nSPS) is 21.7. The highest BCUT2D eigenvalue weighted by atomic mass is 16.5. The van der Waals surface area contributed by atoms with Gasteiger partial charge >= 0.3 is 0 Å². The number of aliphatic hydroxyl groups is 1. The minimum atomic E-state index is -0.498. The molecule has 1 amide bonds. The topological polar surface area (TPSA) is 85.0 Å². The average Bonchev–Trinajstić information content (AvgIpc) is 2.89. The summed E-state index contributed by atoms with van der Waals surface area (Å²) >= 11 is 0. The first-order valence-corrected chi connectivity index (χ1v) is 7.10. The fourth-order valence-corrected chi connectivity index (χ4v) is 2.47. The third kappa shape index (κ3) is 4.42. The maximum atomic E-state index is 10.7. The number of hydrogen-bond donors (Lipinski definition) is 2. The molecule has 6 nitrogen and oxygen atoms in total. The second-order valence-corrected chi connectivity index (χ2v) is 5.14. The lowest BCUT2D eigenvalue weighted by atomic mass is 10.1. The van der Waals surface area contributed by atoms with Gasteiger partial charge in [-0.3, -0.25) is 9.69 Å². The van der Waals surface area contributed by atoms with E-state index >= 15 is 0 Å². The zero-order valence-electron chi connectivity index (χ0n) is 12.2. The largest absolute Gasteiger partial charge is 0.484 e. The van der Waals surface area contributed by atoms with Crippen molar-refractivity contribution < 1.29 is 19.4 Å². The lowest BCUT2D eigenvalue weighted by Gasteiger charge is -2.28. The summed E-state index contributed by atoms with van der Waals surface area (Å²) in [5, 5.41) is 9.93. The van der Waals surface area contributed by atoms with Crippen molar-refractivity contribution in [3.05, 3.63) is 29.8 Å². The minimum Gasteiger partial charge on any atom is -0.484 e. The summed E-state index contributed by atoms with van der Waals surface area (Å²) in [7, 11) is 0. The van der Waals surface area contributed by atoms with E-state index in [-0.39, 0.29) is 12.6 Å². The Hall–Kier alpha value is -1.63. The molecule has 1 fully saturated rings. The Morgan fingerprint density at radius 3 is 2.95 bits per heavy atom. The van der Waals surface area contributed by atoms with E-state index in [1.54, 1.807) is 6.07 Å². The van der Waals surface area contributed by atoms with E-state index in [0.717, 1.165) is 12.1 Å². The summed E-state index contributed by atoms with van der Waals surface area (Å²) < 4.78 is 10.6. The number of hydrogen-bond acceptors (Lipinski definition) is 5. The van der Waals surface area contributed by atoms with Crippen LogP contribution in [-0.4, -0.2) is 54.4 Å². The van der Waals surface area contributed by atoms with E-state index in [4.69, 9.17) is 15.2 Å². The molecule has 0 saturated carbocycles. The fraction of sp³-hybridized carbons (Fsp3) is 0.533. The predicted octanol–water partition coefficient (Wildman–Crippen LogP) is 0.132. The molecule has 1 aliphatic rings. The number of likely N-dealkylation sites (N-methyl/N-ethyl adjacent to an activating group) is 1. The van der Waals surface area contributed by atoms with Gasteiger partial charge in [0, 0.05) is 6.54 Å². The summed E-state index contributed by atoms with van der Waals surface area (Å²) in [6.45, 7) is 4.37. The first-order valence-electron chi connectivity index (χ1n) is 7.10. The van der Waals surface area contributed by atoms with E-state index in [1.807, 2.05) is 18.2 Å². The van der Waals surface area contributed by atoms with Crippen LogP contribution in [-0.2, 0) is 16.1 Å². The number of benzene rings is 1. The molecule has 1 saturated heterocycles. The second kappa shape index (κ2) is 7.40. The zero-order chi connectivity index (χ0) is 15.2. The maximum Gasteiger partial charge on any atom is 0.255 e. The van der Waals surface area contributed by atoms with Crippen molar-refractivity contribution in [3.63, 3.8) is 0 Å². The first kappa shape index (κ1) is 15.8. The van der Waals surface area contributed by atoms with Gasteiger partial charge in [-0.15, -0.1) is 0 Å². The molecule has 1 aliphatic heterocycles. The summed E-state index contributed by atoms with van der Waals surface area (Å²) in [6.07, 6.45) is -0.445. The molecule has 1 aromatic carbocycles. The Labute approximate surface area is 124 Å². The molecular formula is C15H22N2O4. The predicted molar refractivity (Wildman–Crippen MR) is 77.8 cm³/mol. The minimum absolute atomic E-state index is 0.0187. The molecule has 1 aromatic rings. The Kier molecular flexibility index (Phi) is 5.55. The molecule has 0 aliphatic carbocycles. The van der Waals surface area contributed by atoms with Gasteiger partial charge in [0.05, 0.1) is 25.4 Å². The molecule has 2 rings (SSSR count). The van der Waals surface area contributed by atoms with Crippen LogP contribution in [0.1, 0.15) is 12.5 Å². The van der Waals surface area contributed by atoms with Gasteiger partial charge in [0.2, 0.25) is 0 Å². The summed E-state index contributed by atoms with van der Waals surface area (Å²) in [6, 6.07) is 7.55. The van der Waals surface area contributed by atoms with Crippen molar-refractivity contribution in [2.45, 2.75) is 25.6 Å². The highest BCUT2D eigenvalue weighted by Gasteiger charge is 2.30. The van der Waals surface area contributed by atoms with Gasteiger partial charge in [0.25, 0.3) is 5.91 Å². The Morgan fingerprint density at radius 1 is 1.52 bits per heavy atom. The molecule has 0 aromatic heterocycles. The van der Waals surface area contributed by atoms with Crippen molar-refractivity contribution in [1.29, 1.82) is 0 Å². The van der Waals surface area contributed by atoms with Crippen molar-refractivity contribution >= 4 is 5.91 Å². The van der Waals surface area contributed by atoms with Crippen LogP contribution in [0.4, 0.5) is 0 Å². The number of aliphatic hydroxyl groups excluding tert-OH is 1. The highest BCUT2D eigenvalue weighted by Crippen LogP contribution is 2.19. The number of rotatable bonds is 7. The van der Waals surface area contributed by atoms with Crippen LogP contribution in [0.2, 0.25) is 0 Å². The first-order chi connectivity index (χ1) is 10.1. The third-order valence-electron chi connectivity index (χ3n) is 3.56. The highest BCUT2D eigenvalue weighted by molar-refractivity contribution is 5.75. The number of amides is 1. The molecule has 3 N–H and O–H groups in total. The van der Waals surface area contributed by atoms with Gasteiger partial charge in [-0.25, -0.2) is 0 Å². The van der Waals surface area contributed by atoms with Crippen LogP contribution < -0.4 is 10.5 Å². The molecule has 6 heteroatoms. The maximum absolute atomic E-state index is 10.7. The summed E-state index contributed by atoms with van der Waals surface area (Å²) in [4.78, 5) is 12.9. The lowest BCUT2D eigenvalue weighted by Crippen LogP contribution is -2.42. The zero-order valence-corrected chi connectivity index (χ0v) is 12.2. The molecular weight excluding hydrogens is 272 g/mol. The van der Waals surface area contributed by atoms with Crippen molar-refractivity contribution in [2.24, 2.45) is 5.73 Å². The number of nitrogens with zero attached hydrogens (tertiary/aromatic N) is 1. The van der Waals surface area contributed by atoms with Crippen molar-refractivity contribution in [3.8, 4) is 5.75 Å². The Balaban J connectivity index is 2.00. The molecule has 0 radical (unpaired) electrons. The average molecular weight is 294 g/mol. The lowest BCUT2D eigenvalue weighted by molar-refractivity contribution is -0.119. The fourth-order valence-electron chi connectivity index (χ4n) is 2.47. The monoisotopic (exact) mass is 294 g/mol. The van der Waals surface area contributed by atoms with E-state index in [1.165, 1.54) is 0 Å². The van der Waals surface area contributed by atoms with E-state index < -0.39 is 12.0 Å². The summed E-state index contributed by atoms with van der Waals surface area (Å²) in [5.74, 6) is 0.118. The van der Waals surface area contributed by atoms with Crippen LogP contribution in [0.3, 0.4) is 0 Å². The van der Waals surface area contributed by atoms with Crippen LogP contribution in [0.15, 0.2) is 24.3 Å². The second-order valence-electron chi connectivity index (χ2n) is 5.14. The number of primary amides is 1. The smallest absolute Gasteiger partial charge is 0.255 e. The Bertz CT molecular complexity index is 480. The number of nitrogens with two attached hydrogens (primary N) is 1. The Morgan fingerprint density at radius 2 is 2.33 bits per heavy atom. The van der Waals surface area contributed by atoms with Gasteiger partial charge in [-0.2, -0.15) is 0 Å². The van der Waals surface area contributed by atoms with Crippen LogP contribution >= 0.6 is 0 Å². The molecule has 0 bridgehead atoms. The molecule has 21 heavy (non-hydrogen) atoms. The standard InChI is InChI=1S/C15H22N2O4/c1-2-17(13-8-20-9-14(13)18)7-11-4-3-5-12(6-11)21-10-15(16)19/h3-6,13-14,18H,2,7-10H2,1H3,(H2,16,19)/t13-,14-/m0/s1. The van der Waals surface area contributed by atoms with E-state index in [0.29, 0.717) is 25.5 Å². The van der Waals surface area contributed by atoms with E-state index in [2.05, 4.69) is 11.8 Å². The number of ether oxygens (including phenoxy) is 2. The van der Waals surface area contributed by atoms with Gasteiger partial charge in [-0.1, -0.05) is 19.1 Å². The van der Waals surface area contributed by atoms with Gasteiger partial charge in [0.1, 0.15) is 5.75 Å². The molecule has 0 spiro atoms. The quantitative estimate of drug-likeness (QED) is 0.747. The molecule has 0 unspecified atom stereocenters. The van der Waals surface area contributed by atoms with Crippen molar-refractivity contribution in [1.82, 2.24) is 4.90 Å². The number of carbonyl (C=O) groups excluding carboxylic acids is 1. The molecule has 1 heterocycles. The van der Waals surface area contributed by atoms with Gasteiger partial charge < -0.3 is 20.3 Å². The summed E-state index contributed by atoms with van der Waals surface area (Å²) in [5.41, 5.74) is 6.12. The number of carbonyl (C=O) groups is 1. The molecule has 2 atom stereocenters. The van der Waals surface area contributed by atoms with Crippen LogP contribution in [0.5, 0.6) is 5.75 Å². The van der Waals surface area contributed by atoms with Crippen LogP contribution in [0.25, 0.3) is 0 Å². The van der Waals surface area contributed by atoms with Gasteiger partial charge in [-0.05, 0) is 24.2 Å². The van der Waals surface area contributed by atoms with Crippen LogP contribution in [0, 0.1) is 0 Å².